The number of fused-ring (bicyclic) bond motifs is 1. The number of rotatable bonds is 1. The molecule has 1 aromatic rings. The highest BCUT2D eigenvalue weighted by Gasteiger charge is 2.30. The number of nitrogens with zero attached hydrogens (tertiary/aromatic N) is 3. The fourth-order valence-electron chi connectivity index (χ4n) is 1.84. The Hall–Kier alpha value is -1.67. The second-order valence-electron chi connectivity index (χ2n) is 4.16. The second kappa shape index (κ2) is 4.21. The molecule has 0 aliphatic carbocycles. The molecule has 7 nitrogen and oxygen atoms in total. The molecule has 0 atom stereocenters. The number of likely N-dealkylation sites (N-methyl/N-ethyl adjacent to an activating group) is 2. The first-order valence-corrected chi connectivity index (χ1v) is 6.74. The average molecular weight is 271 g/mol. The Morgan fingerprint density at radius 2 is 1.94 bits per heavy atom. The van der Waals surface area contributed by atoms with E-state index < -0.39 is 14.9 Å². The maximum atomic E-state index is 12.2. The van der Waals surface area contributed by atoms with Gasteiger partial charge >= 0.3 is 0 Å². The summed E-state index contributed by atoms with van der Waals surface area (Å²) in [6, 6.07) is 3.91. The van der Waals surface area contributed by atoms with Crippen molar-refractivity contribution in [2.75, 3.05) is 32.1 Å². The van der Waals surface area contributed by atoms with E-state index >= 15 is 0 Å². The van der Waals surface area contributed by atoms with Gasteiger partial charge in [-0.2, -0.15) is 4.31 Å². The minimum atomic E-state index is -3.66. The fraction of sp³-hybridized carbons (Fsp3) is 0.400. The third-order valence-corrected chi connectivity index (χ3v) is 4.89. The van der Waals surface area contributed by atoms with E-state index in [1.54, 1.807) is 11.9 Å². The number of nitro groups is 1. The van der Waals surface area contributed by atoms with Gasteiger partial charge in [-0.1, -0.05) is 0 Å². The Morgan fingerprint density at radius 1 is 1.28 bits per heavy atom. The van der Waals surface area contributed by atoms with Gasteiger partial charge in [0.15, 0.2) is 0 Å². The zero-order valence-electron chi connectivity index (χ0n) is 10.0. The zero-order valence-corrected chi connectivity index (χ0v) is 10.8. The number of non-ortho nitro benzene ring substituents is 1. The Balaban J connectivity index is 2.70. The van der Waals surface area contributed by atoms with Gasteiger partial charge in [0.25, 0.3) is 5.69 Å². The summed E-state index contributed by atoms with van der Waals surface area (Å²) in [5.74, 6) is 0. The summed E-state index contributed by atoms with van der Waals surface area (Å²) < 4.78 is 25.6. The van der Waals surface area contributed by atoms with Gasteiger partial charge in [-0.3, -0.25) is 10.1 Å². The van der Waals surface area contributed by atoms with Crippen LogP contribution in [0, 0.1) is 10.1 Å². The fourth-order valence-corrected chi connectivity index (χ4v) is 3.25. The first-order valence-electron chi connectivity index (χ1n) is 5.30. The summed E-state index contributed by atoms with van der Waals surface area (Å²) in [6.45, 7) is 0.891. The summed E-state index contributed by atoms with van der Waals surface area (Å²) >= 11 is 0. The van der Waals surface area contributed by atoms with Crippen LogP contribution in [0.15, 0.2) is 23.1 Å². The van der Waals surface area contributed by atoms with Crippen LogP contribution in [0.4, 0.5) is 11.4 Å². The van der Waals surface area contributed by atoms with E-state index in [-0.39, 0.29) is 10.6 Å². The third kappa shape index (κ3) is 1.93. The molecule has 98 valence electrons. The predicted octanol–water partition coefficient (Wildman–Crippen LogP) is 0.665. The molecule has 2 rings (SSSR count). The Bertz CT molecular complexity index is 599. The molecule has 0 saturated heterocycles. The van der Waals surface area contributed by atoms with Crippen LogP contribution in [-0.2, 0) is 10.0 Å². The number of hydrogen-bond donors (Lipinski definition) is 0. The van der Waals surface area contributed by atoms with Crippen LogP contribution in [0.2, 0.25) is 0 Å². The molecule has 0 fully saturated rings. The van der Waals surface area contributed by atoms with Gasteiger partial charge in [-0.25, -0.2) is 8.42 Å². The highest BCUT2D eigenvalue weighted by Crippen LogP contribution is 2.32. The number of sulfonamides is 1. The minimum Gasteiger partial charge on any atom is -0.372 e. The highest BCUT2D eigenvalue weighted by molar-refractivity contribution is 7.89. The van der Waals surface area contributed by atoms with Crippen LogP contribution in [0.5, 0.6) is 0 Å². The predicted molar refractivity (Wildman–Crippen MR) is 66.2 cm³/mol. The van der Waals surface area contributed by atoms with E-state index in [0.29, 0.717) is 18.8 Å². The lowest BCUT2D eigenvalue weighted by Crippen LogP contribution is -2.30. The van der Waals surface area contributed by atoms with Crippen molar-refractivity contribution in [3.63, 3.8) is 0 Å². The van der Waals surface area contributed by atoms with E-state index in [1.807, 2.05) is 0 Å². The monoisotopic (exact) mass is 271 g/mol. The molecule has 0 radical (unpaired) electrons. The lowest BCUT2D eigenvalue weighted by atomic mass is 10.2. The highest BCUT2D eigenvalue weighted by atomic mass is 32.2. The summed E-state index contributed by atoms with van der Waals surface area (Å²) in [6.07, 6.45) is 0. The SMILES string of the molecule is CN1CCN(C)S(=O)(=O)c2cc([N+](=O)[O-])ccc21. The lowest BCUT2D eigenvalue weighted by Gasteiger charge is -2.17. The molecule has 1 aliphatic heterocycles. The maximum Gasteiger partial charge on any atom is 0.270 e. The van der Waals surface area contributed by atoms with Crippen molar-refractivity contribution in [1.82, 2.24) is 4.31 Å². The molecule has 1 aliphatic rings. The topological polar surface area (TPSA) is 83.8 Å². The smallest absolute Gasteiger partial charge is 0.270 e. The summed E-state index contributed by atoms with van der Waals surface area (Å²) in [5, 5.41) is 10.7. The van der Waals surface area contributed by atoms with Crippen LogP contribution in [-0.4, -0.2) is 44.8 Å². The van der Waals surface area contributed by atoms with Crippen molar-refractivity contribution < 1.29 is 13.3 Å². The van der Waals surface area contributed by atoms with Crippen molar-refractivity contribution in [3.8, 4) is 0 Å². The Labute approximate surface area is 105 Å². The first kappa shape index (κ1) is 12.8. The summed E-state index contributed by atoms with van der Waals surface area (Å²) in [4.78, 5) is 11.9. The van der Waals surface area contributed by atoms with Crippen molar-refractivity contribution in [3.05, 3.63) is 28.3 Å². The van der Waals surface area contributed by atoms with Gasteiger partial charge in [0.2, 0.25) is 10.0 Å². The molecule has 1 aromatic carbocycles. The van der Waals surface area contributed by atoms with Crippen LogP contribution in [0.3, 0.4) is 0 Å². The van der Waals surface area contributed by atoms with E-state index in [1.165, 1.54) is 23.5 Å². The Morgan fingerprint density at radius 3 is 2.56 bits per heavy atom. The Kier molecular flexibility index (Phi) is 2.99. The zero-order chi connectivity index (χ0) is 13.5. The molecule has 0 N–H and O–H groups in total. The molecule has 18 heavy (non-hydrogen) atoms. The van der Waals surface area contributed by atoms with Crippen LogP contribution in [0.1, 0.15) is 0 Å². The van der Waals surface area contributed by atoms with Gasteiger partial charge in [0.05, 0.1) is 10.6 Å². The number of nitro benzene ring substituents is 1. The molecule has 0 amide bonds. The molecule has 0 bridgehead atoms. The van der Waals surface area contributed by atoms with Crippen LogP contribution in [0.25, 0.3) is 0 Å². The van der Waals surface area contributed by atoms with Gasteiger partial charge in [-0.15, -0.1) is 0 Å². The van der Waals surface area contributed by atoms with Gasteiger partial charge in [0, 0.05) is 39.3 Å². The van der Waals surface area contributed by atoms with Crippen molar-refractivity contribution in [2.45, 2.75) is 4.90 Å². The molecule has 0 unspecified atom stereocenters. The van der Waals surface area contributed by atoms with E-state index in [4.69, 9.17) is 0 Å². The number of benzene rings is 1. The largest absolute Gasteiger partial charge is 0.372 e. The first-order chi connectivity index (χ1) is 8.34. The van der Waals surface area contributed by atoms with Gasteiger partial charge < -0.3 is 4.90 Å². The molecule has 0 saturated carbocycles. The molecule has 0 aromatic heterocycles. The minimum absolute atomic E-state index is 0.0146. The van der Waals surface area contributed by atoms with Crippen LogP contribution >= 0.6 is 0 Å². The van der Waals surface area contributed by atoms with Crippen molar-refractivity contribution in [1.29, 1.82) is 0 Å². The quantitative estimate of drug-likeness (QED) is 0.553. The number of anilines is 1. The standard InChI is InChI=1S/C10H13N3O4S/c1-11-5-6-12(2)18(16,17)10-7-8(13(14)15)3-4-9(10)11/h3-4,7H,5-6H2,1-2H3. The van der Waals surface area contributed by atoms with Crippen LogP contribution < -0.4 is 4.90 Å². The molecule has 0 spiro atoms. The summed E-state index contributed by atoms with van der Waals surface area (Å²) in [5.41, 5.74) is 0.269. The molecular weight excluding hydrogens is 258 g/mol. The maximum absolute atomic E-state index is 12.2. The normalized spacial score (nSPS) is 19.1. The number of hydrogen-bond acceptors (Lipinski definition) is 5. The molecular formula is C10H13N3O4S. The second-order valence-corrected chi connectivity index (χ2v) is 6.17. The van der Waals surface area contributed by atoms with E-state index in [9.17, 15) is 18.5 Å². The molecule has 1 heterocycles. The average Bonchev–Trinajstić information content (AvgIpc) is 2.41. The van der Waals surface area contributed by atoms with Gasteiger partial charge in [-0.05, 0) is 6.07 Å². The van der Waals surface area contributed by atoms with Crippen molar-refractivity contribution >= 4 is 21.4 Å². The lowest BCUT2D eigenvalue weighted by molar-refractivity contribution is -0.385. The van der Waals surface area contributed by atoms with E-state index in [0.717, 1.165) is 6.07 Å². The molecule has 8 heteroatoms. The third-order valence-electron chi connectivity index (χ3n) is 3.00. The van der Waals surface area contributed by atoms with Crippen molar-refractivity contribution in [2.24, 2.45) is 0 Å². The van der Waals surface area contributed by atoms with E-state index in [2.05, 4.69) is 0 Å². The van der Waals surface area contributed by atoms with Gasteiger partial charge in [0.1, 0.15) is 4.90 Å². The summed E-state index contributed by atoms with van der Waals surface area (Å²) in [7, 11) is -0.426.